The van der Waals surface area contributed by atoms with Crippen LogP contribution in [0.4, 0.5) is 0 Å². The second-order valence-electron chi connectivity index (χ2n) is 11.4. The second-order valence-corrected chi connectivity index (χ2v) is 11.4. The van der Waals surface area contributed by atoms with Crippen LogP contribution in [0.3, 0.4) is 0 Å². The topological polar surface area (TPSA) is 109 Å². The van der Waals surface area contributed by atoms with E-state index in [1.807, 2.05) is 31.2 Å². The van der Waals surface area contributed by atoms with Gasteiger partial charge in [0.2, 0.25) is 11.5 Å². The highest BCUT2D eigenvalue weighted by Crippen LogP contribution is 2.60. The van der Waals surface area contributed by atoms with Gasteiger partial charge in [-0.25, -0.2) is 9.59 Å². The molecule has 9 rings (SSSR count). The number of fused-ring (bicyclic) bond motifs is 2. The van der Waals surface area contributed by atoms with Gasteiger partial charge in [0.1, 0.15) is 22.7 Å². The number of hydrogen-bond acceptors (Lipinski definition) is 8. The van der Waals surface area contributed by atoms with Crippen LogP contribution in [0.15, 0.2) is 40.8 Å². The number of ether oxygens (including phenoxy) is 3. The van der Waals surface area contributed by atoms with E-state index in [0.717, 1.165) is 29.2 Å². The van der Waals surface area contributed by atoms with Crippen molar-refractivity contribution in [2.24, 2.45) is 23.2 Å². The van der Waals surface area contributed by atoms with Crippen LogP contribution in [-0.4, -0.2) is 23.7 Å². The third kappa shape index (κ3) is 2.85. The summed E-state index contributed by atoms with van der Waals surface area (Å²) in [4.78, 5) is 52.1. The van der Waals surface area contributed by atoms with Gasteiger partial charge in [0.15, 0.2) is 11.2 Å². The molecule has 4 aromatic rings. The largest absolute Gasteiger partial charge is 0.447 e. The zero-order valence-corrected chi connectivity index (χ0v) is 20.5. The van der Waals surface area contributed by atoms with Gasteiger partial charge >= 0.3 is 17.9 Å². The Morgan fingerprint density at radius 3 is 2.45 bits per heavy atom. The minimum Gasteiger partial charge on any atom is -0.447 e. The summed E-state index contributed by atoms with van der Waals surface area (Å²) in [6.07, 6.45) is 3.31. The van der Waals surface area contributed by atoms with Gasteiger partial charge in [0.05, 0.1) is 5.41 Å². The summed E-state index contributed by atoms with van der Waals surface area (Å²) in [5.41, 5.74) is 0.284. The SMILES string of the molecule is Cc1ccc2cc(OC(=O)c3c4c5oc3c(OC(=O)C36CC7CC(C3)C(=O)C(C7)C6)c5OC4=O)ccc2c1. The molecule has 2 aromatic heterocycles. The molecule has 2 atom stereocenters. The van der Waals surface area contributed by atoms with Gasteiger partial charge < -0.3 is 18.6 Å². The number of carbonyl (C=O) groups excluding carboxylic acids is 4. The Labute approximate surface area is 216 Å². The molecule has 0 amide bonds. The first-order chi connectivity index (χ1) is 18.3. The number of esters is 3. The molecule has 0 spiro atoms. The molecule has 4 saturated carbocycles. The smallest absolute Gasteiger partial charge is 0.348 e. The zero-order chi connectivity index (χ0) is 25.9. The maximum atomic E-state index is 13.6. The summed E-state index contributed by atoms with van der Waals surface area (Å²) in [6.45, 7) is 2.00. The van der Waals surface area contributed by atoms with Crippen molar-refractivity contribution in [3.63, 3.8) is 0 Å². The monoisotopic (exact) mass is 510 g/mol. The first-order valence-corrected chi connectivity index (χ1v) is 12.9. The quantitative estimate of drug-likeness (QED) is 0.266. The summed E-state index contributed by atoms with van der Waals surface area (Å²) < 4.78 is 22.6. The lowest BCUT2D eigenvalue weighted by Gasteiger charge is -2.53. The third-order valence-corrected chi connectivity index (χ3v) is 8.93. The van der Waals surface area contributed by atoms with Crippen LogP contribution in [0.5, 0.6) is 17.2 Å². The Morgan fingerprint density at radius 1 is 0.921 bits per heavy atom. The maximum Gasteiger partial charge on any atom is 0.348 e. The van der Waals surface area contributed by atoms with Gasteiger partial charge in [-0.05, 0) is 67.9 Å². The number of aryl methyl sites for hydroxylation is 1. The Morgan fingerprint density at radius 2 is 1.66 bits per heavy atom. The number of benzene rings is 3. The van der Waals surface area contributed by atoms with Gasteiger partial charge in [-0.15, -0.1) is 0 Å². The van der Waals surface area contributed by atoms with Crippen LogP contribution in [0.1, 0.15) is 58.4 Å². The zero-order valence-electron chi connectivity index (χ0n) is 20.5. The van der Waals surface area contributed by atoms with E-state index in [4.69, 9.17) is 18.6 Å². The molecular weight excluding hydrogens is 488 g/mol. The standard InChI is InChI=1S/C30H22O8/c1-13-2-3-16-9-19(5-4-15(16)6-13)35-27(32)20-21-23-25(37-28(21)33)26(24(20)36-23)38-29(34)30-10-14-7-17(11-30)22(31)18(8-14)12-30/h2-6,9,14,17-18H,7-8,10-12H2,1H3. The fraction of sp³-hybridized carbons (Fsp3) is 0.333. The van der Waals surface area contributed by atoms with Crippen LogP contribution in [0, 0.1) is 30.1 Å². The predicted molar refractivity (Wildman–Crippen MR) is 133 cm³/mol. The van der Waals surface area contributed by atoms with Crippen molar-refractivity contribution in [1.82, 2.24) is 0 Å². The van der Waals surface area contributed by atoms with Gasteiger partial charge in [-0.2, -0.15) is 0 Å². The van der Waals surface area contributed by atoms with Gasteiger partial charge in [0.25, 0.3) is 0 Å². The van der Waals surface area contributed by atoms with E-state index in [9.17, 15) is 19.2 Å². The van der Waals surface area contributed by atoms with Gasteiger partial charge in [-0.1, -0.05) is 29.8 Å². The normalized spacial score (nSPS) is 26.9. The summed E-state index contributed by atoms with van der Waals surface area (Å²) in [5.74, 6) is -1.35. The van der Waals surface area contributed by atoms with E-state index in [1.54, 1.807) is 12.1 Å². The molecule has 8 heteroatoms. The molecule has 1 aliphatic heterocycles. The molecule has 0 saturated heterocycles. The average molecular weight is 510 g/mol. The lowest BCUT2D eigenvalue weighted by atomic mass is 9.49. The van der Waals surface area contributed by atoms with Gasteiger partial charge in [-0.3, -0.25) is 9.59 Å². The van der Waals surface area contributed by atoms with E-state index >= 15 is 0 Å². The van der Waals surface area contributed by atoms with Crippen molar-refractivity contribution in [2.75, 3.05) is 0 Å². The van der Waals surface area contributed by atoms with Crippen molar-refractivity contribution in [3.8, 4) is 17.2 Å². The summed E-state index contributed by atoms with van der Waals surface area (Å²) in [6, 6.07) is 11.2. The molecule has 6 bridgehead atoms. The van der Waals surface area contributed by atoms with Crippen LogP contribution in [0.25, 0.3) is 21.9 Å². The van der Waals surface area contributed by atoms with Gasteiger partial charge in [0, 0.05) is 11.8 Å². The number of furan rings is 2. The van der Waals surface area contributed by atoms with Crippen molar-refractivity contribution in [1.29, 1.82) is 0 Å². The van der Waals surface area contributed by atoms with Crippen molar-refractivity contribution < 1.29 is 37.8 Å². The average Bonchev–Trinajstić information content (AvgIpc) is 3.51. The van der Waals surface area contributed by atoms with E-state index in [-0.39, 0.29) is 51.4 Å². The lowest BCUT2D eigenvalue weighted by molar-refractivity contribution is -0.167. The first kappa shape index (κ1) is 21.8. The number of hydrogen-bond donors (Lipinski definition) is 0. The molecule has 0 N–H and O–H groups in total. The Balaban J connectivity index is 1.12. The third-order valence-electron chi connectivity index (χ3n) is 8.93. The molecular formula is C30H22O8. The molecule has 4 aliphatic carbocycles. The van der Waals surface area contributed by atoms with Crippen molar-refractivity contribution in [3.05, 3.63) is 53.1 Å². The lowest BCUT2D eigenvalue weighted by Crippen LogP contribution is -2.55. The van der Waals surface area contributed by atoms with Crippen LogP contribution in [0.2, 0.25) is 0 Å². The minimum atomic E-state index is -0.802. The highest BCUT2D eigenvalue weighted by molar-refractivity contribution is 6.21. The summed E-state index contributed by atoms with van der Waals surface area (Å²) in [7, 11) is 0. The molecule has 5 aliphatic rings. The van der Waals surface area contributed by atoms with E-state index in [0.29, 0.717) is 30.9 Å². The molecule has 2 aromatic carbocycles. The molecule has 4 fully saturated rings. The van der Waals surface area contributed by atoms with E-state index < -0.39 is 23.3 Å². The number of rotatable bonds is 4. The second kappa shape index (κ2) is 7.22. The number of carbonyl (C=O) groups is 4. The number of ketones is 1. The first-order valence-electron chi connectivity index (χ1n) is 12.9. The summed E-state index contributed by atoms with van der Waals surface area (Å²) >= 11 is 0. The van der Waals surface area contributed by atoms with Crippen molar-refractivity contribution >= 4 is 45.6 Å². The van der Waals surface area contributed by atoms with Crippen LogP contribution in [-0.2, 0) is 9.59 Å². The molecule has 0 radical (unpaired) electrons. The molecule has 190 valence electrons. The molecule has 38 heavy (non-hydrogen) atoms. The molecule has 3 heterocycles. The molecule has 8 nitrogen and oxygen atoms in total. The molecule has 2 unspecified atom stereocenters. The Hall–Kier alpha value is -4.20. The van der Waals surface area contributed by atoms with E-state index in [2.05, 4.69) is 0 Å². The number of Topliss-reactive ketones (excluding diaryl/α,β-unsaturated/α-hetero) is 1. The predicted octanol–water partition coefficient (Wildman–Crippen LogP) is 5.38. The minimum absolute atomic E-state index is 0.0170. The Bertz CT molecular complexity index is 1720. The highest BCUT2D eigenvalue weighted by atomic mass is 16.6. The Kier molecular flexibility index (Phi) is 4.15. The highest BCUT2D eigenvalue weighted by Gasteiger charge is 2.59. The fourth-order valence-corrected chi connectivity index (χ4v) is 7.44. The maximum absolute atomic E-state index is 13.6. The van der Waals surface area contributed by atoms with E-state index in [1.165, 1.54) is 0 Å². The van der Waals surface area contributed by atoms with Crippen molar-refractivity contribution in [2.45, 2.75) is 39.0 Å². The van der Waals surface area contributed by atoms with Crippen LogP contribution < -0.4 is 14.2 Å². The summed E-state index contributed by atoms with van der Waals surface area (Å²) in [5, 5.41) is 1.91. The van der Waals surface area contributed by atoms with Crippen LogP contribution >= 0.6 is 0 Å². The fourth-order valence-electron chi connectivity index (χ4n) is 7.44.